The third-order valence-corrected chi connectivity index (χ3v) is 7.77. The average molecular weight is 427 g/mol. The number of aromatic nitrogens is 1. The van der Waals surface area contributed by atoms with Gasteiger partial charge in [0, 0.05) is 45.8 Å². The quantitative estimate of drug-likeness (QED) is 0.509. The highest BCUT2D eigenvalue weighted by Gasteiger charge is 2.29. The topological polar surface area (TPSA) is 94.3 Å². The number of aliphatic imine (C=N–C) groups is 1. The molecule has 3 rings (SSSR count). The van der Waals surface area contributed by atoms with Crippen LogP contribution in [-0.2, 0) is 15.8 Å². The van der Waals surface area contributed by atoms with Crippen molar-refractivity contribution in [1.29, 1.82) is 0 Å². The number of hydrogen-bond acceptors (Lipinski definition) is 6. The summed E-state index contributed by atoms with van der Waals surface area (Å²) < 4.78 is 31.4. The molecule has 0 spiro atoms. The maximum absolute atomic E-state index is 12.6. The molecule has 1 aromatic rings. The van der Waals surface area contributed by atoms with Crippen LogP contribution in [-0.4, -0.2) is 93.0 Å². The molecule has 2 saturated heterocycles. The summed E-state index contributed by atoms with van der Waals surface area (Å²) in [6.07, 6.45) is 5.10. The van der Waals surface area contributed by atoms with E-state index in [2.05, 4.69) is 32.2 Å². The van der Waals surface area contributed by atoms with E-state index >= 15 is 0 Å². The van der Waals surface area contributed by atoms with E-state index in [4.69, 9.17) is 4.52 Å². The Morgan fingerprint density at radius 3 is 2.55 bits per heavy atom. The molecule has 10 heteroatoms. The molecule has 1 aromatic heterocycles. The standard InChI is InChI=1S/C19H34N6O3S/c1-3-23-9-5-17(6-10-23)4-8-21-19(20-2)24-11-13-25(14-12-24)29(26,27)16-18-7-15-28-22-18/h7,15,17H,3-6,8-14,16H2,1-2H3,(H,20,21). The second-order valence-electron chi connectivity index (χ2n) is 7.77. The predicted molar refractivity (Wildman–Crippen MR) is 113 cm³/mol. The smallest absolute Gasteiger partial charge is 0.220 e. The lowest BCUT2D eigenvalue weighted by atomic mass is 9.93. The number of rotatable bonds is 7. The van der Waals surface area contributed by atoms with Gasteiger partial charge in [0.05, 0.1) is 5.69 Å². The van der Waals surface area contributed by atoms with Crippen LogP contribution in [0.1, 0.15) is 31.9 Å². The van der Waals surface area contributed by atoms with Crippen molar-refractivity contribution in [2.24, 2.45) is 10.9 Å². The largest absolute Gasteiger partial charge is 0.364 e. The second kappa shape index (κ2) is 10.4. The molecule has 0 bridgehead atoms. The van der Waals surface area contributed by atoms with E-state index in [0.29, 0.717) is 31.9 Å². The minimum Gasteiger partial charge on any atom is -0.364 e. The zero-order chi connectivity index (χ0) is 20.7. The number of sulfonamides is 1. The molecule has 0 aromatic carbocycles. The Hall–Kier alpha value is -1.65. The number of piperazine rings is 1. The lowest BCUT2D eigenvalue weighted by molar-refractivity contribution is 0.187. The molecule has 2 aliphatic heterocycles. The summed E-state index contributed by atoms with van der Waals surface area (Å²) in [5, 5.41) is 7.18. The van der Waals surface area contributed by atoms with E-state index in [-0.39, 0.29) is 5.75 Å². The highest BCUT2D eigenvalue weighted by atomic mass is 32.2. The van der Waals surface area contributed by atoms with Crippen molar-refractivity contribution in [3.63, 3.8) is 0 Å². The van der Waals surface area contributed by atoms with Crippen molar-refractivity contribution in [2.45, 2.75) is 31.9 Å². The normalized spacial score (nSPS) is 20.9. The van der Waals surface area contributed by atoms with Crippen LogP contribution in [0.4, 0.5) is 0 Å². The highest BCUT2D eigenvalue weighted by Crippen LogP contribution is 2.19. The van der Waals surface area contributed by atoms with Crippen LogP contribution < -0.4 is 5.32 Å². The van der Waals surface area contributed by atoms with Gasteiger partial charge in [0.2, 0.25) is 10.0 Å². The van der Waals surface area contributed by atoms with Gasteiger partial charge < -0.3 is 19.6 Å². The van der Waals surface area contributed by atoms with Crippen LogP contribution in [0.2, 0.25) is 0 Å². The molecular formula is C19H34N6O3S. The van der Waals surface area contributed by atoms with Gasteiger partial charge in [-0.2, -0.15) is 4.31 Å². The Kier molecular flexibility index (Phi) is 7.91. The summed E-state index contributed by atoms with van der Waals surface area (Å²) >= 11 is 0. The third kappa shape index (κ3) is 6.16. The maximum atomic E-state index is 12.6. The Balaban J connectivity index is 1.40. The number of likely N-dealkylation sites (tertiary alicyclic amines) is 1. The van der Waals surface area contributed by atoms with Crippen molar-refractivity contribution >= 4 is 16.0 Å². The number of guanidine groups is 1. The molecule has 3 heterocycles. The lowest BCUT2D eigenvalue weighted by Crippen LogP contribution is -2.54. The van der Waals surface area contributed by atoms with Crippen LogP contribution in [0.15, 0.2) is 21.8 Å². The maximum Gasteiger partial charge on any atom is 0.220 e. The van der Waals surface area contributed by atoms with Crippen molar-refractivity contribution in [3.05, 3.63) is 18.0 Å². The summed E-state index contributed by atoms with van der Waals surface area (Å²) in [5.41, 5.74) is 0.440. The van der Waals surface area contributed by atoms with Gasteiger partial charge >= 0.3 is 0 Å². The number of hydrogen-bond donors (Lipinski definition) is 1. The van der Waals surface area contributed by atoms with Crippen LogP contribution in [0.5, 0.6) is 0 Å². The van der Waals surface area contributed by atoms with Gasteiger partial charge in [-0.15, -0.1) is 0 Å². The minimum atomic E-state index is -3.38. The van der Waals surface area contributed by atoms with E-state index in [1.165, 1.54) is 36.5 Å². The average Bonchev–Trinajstić information content (AvgIpc) is 3.24. The Bertz CT molecular complexity index is 736. The number of nitrogens with zero attached hydrogens (tertiary/aromatic N) is 5. The molecule has 0 aliphatic carbocycles. The zero-order valence-electron chi connectivity index (χ0n) is 17.6. The fourth-order valence-corrected chi connectivity index (χ4v) is 5.50. The second-order valence-corrected chi connectivity index (χ2v) is 9.74. The highest BCUT2D eigenvalue weighted by molar-refractivity contribution is 7.88. The van der Waals surface area contributed by atoms with Gasteiger partial charge in [-0.1, -0.05) is 12.1 Å². The summed E-state index contributed by atoms with van der Waals surface area (Å²) in [5.74, 6) is 1.53. The van der Waals surface area contributed by atoms with E-state index in [1.54, 1.807) is 13.1 Å². The summed E-state index contributed by atoms with van der Waals surface area (Å²) in [4.78, 5) is 9.05. The van der Waals surface area contributed by atoms with E-state index in [9.17, 15) is 8.42 Å². The van der Waals surface area contributed by atoms with Gasteiger partial charge in [-0.25, -0.2) is 8.42 Å². The Morgan fingerprint density at radius 2 is 1.97 bits per heavy atom. The molecule has 0 unspecified atom stereocenters. The number of piperidine rings is 1. The van der Waals surface area contributed by atoms with Gasteiger partial charge in [-0.05, 0) is 44.8 Å². The summed E-state index contributed by atoms with van der Waals surface area (Å²) in [6, 6.07) is 1.59. The van der Waals surface area contributed by atoms with Crippen LogP contribution in [0.25, 0.3) is 0 Å². The third-order valence-electron chi connectivity index (χ3n) is 5.95. The fourth-order valence-electron chi connectivity index (χ4n) is 4.08. The number of nitrogens with one attached hydrogen (secondary N) is 1. The van der Waals surface area contributed by atoms with E-state index in [0.717, 1.165) is 31.4 Å². The fraction of sp³-hybridized carbons (Fsp3) is 0.789. The molecule has 1 N–H and O–H groups in total. The first kappa shape index (κ1) is 22.0. The monoisotopic (exact) mass is 426 g/mol. The van der Waals surface area contributed by atoms with Gasteiger partial charge in [0.15, 0.2) is 5.96 Å². The molecule has 0 saturated carbocycles. The van der Waals surface area contributed by atoms with Gasteiger partial charge in [0.1, 0.15) is 12.0 Å². The Morgan fingerprint density at radius 1 is 1.24 bits per heavy atom. The van der Waals surface area contributed by atoms with Gasteiger partial charge in [-0.3, -0.25) is 4.99 Å². The van der Waals surface area contributed by atoms with Crippen molar-refractivity contribution < 1.29 is 12.9 Å². The molecular weight excluding hydrogens is 392 g/mol. The molecule has 0 amide bonds. The summed E-state index contributed by atoms with van der Waals surface area (Å²) in [6.45, 7) is 8.88. The van der Waals surface area contributed by atoms with Crippen LogP contribution in [0, 0.1) is 5.92 Å². The first-order valence-electron chi connectivity index (χ1n) is 10.6. The lowest BCUT2D eigenvalue weighted by Gasteiger charge is -2.36. The molecule has 9 nitrogen and oxygen atoms in total. The van der Waals surface area contributed by atoms with Crippen LogP contribution in [0.3, 0.4) is 0 Å². The molecule has 2 aliphatic rings. The van der Waals surface area contributed by atoms with E-state index in [1.807, 2.05) is 0 Å². The molecule has 29 heavy (non-hydrogen) atoms. The first-order valence-corrected chi connectivity index (χ1v) is 12.2. The Labute approximate surface area is 174 Å². The van der Waals surface area contributed by atoms with Crippen molar-refractivity contribution in [3.8, 4) is 0 Å². The molecule has 0 atom stereocenters. The van der Waals surface area contributed by atoms with Crippen molar-refractivity contribution in [1.82, 2.24) is 24.6 Å². The minimum absolute atomic E-state index is 0.118. The van der Waals surface area contributed by atoms with Gasteiger partial charge in [0.25, 0.3) is 0 Å². The van der Waals surface area contributed by atoms with E-state index < -0.39 is 10.0 Å². The zero-order valence-corrected chi connectivity index (χ0v) is 18.4. The molecule has 0 radical (unpaired) electrons. The predicted octanol–water partition coefficient (Wildman–Crippen LogP) is 0.819. The summed E-state index contributed by atoms with van der Waals surface area (Å²) in [7, 11) is -1.59. The van der Waals surface area contributed by atoms with Crippen LogP contribution >= 0.6 is 0 Å². The first-order chi connectivity index (χ1) is 14.0. The molecule has 164 valence electrons. The van der Waals surface area contributed by atoms with Crippen molar-refractivity contribution in [2.75, 3.05) is 59.4 Å². The molecule has 2 fully saturated rings. The SMILES string of the molecule is CCN1CCC(CCNC(=NC)N2CCN(S(=O)(=O)Cc3ccon3)CC2)CC1.